The maximum absolute atomic E-state index is 12.1. The summed E-state index contributed by atoms with van der Waals surface area (Å²) in [7, 11) is 0. The molecule has 3 amide bonds. The van der Waals surface area contributed by atoms with Crippen molar-refractivity contribution in [3.8, 4) is 0 Å². The first kappa shape index (κ1) is 16.2. The monoisotopic (exact) mass is 347 g/mol. The summed E-state index contributed by atoms with van der Waals surface area (Å²) in [6.07, 6.45) is 2.30. The Morgan fingerprint density at radius 3 is 3.08 bits per heavy atom. The van der Waals surface area contributed by atoms with Gasteiger partial charge in [-0.05, 0) is 6.92 Å². The van der Waals surface area contributed by atoms with Crippen LogP contribution in [0.2, 0.25) is 0 Å². The van der Waals surface area contributed by atoms with E-state index in [4.69, 9.17) is 4.52 Å². The van der Waals surface area contributed by atoms with E-state index in [2.05, 4.69) is 27.4 Å². The van der Waals surface area contributed by atoms with E-state index in [1.54, 1.807) is 24.0 Å². The van der Waals surface area contributed by atoms with Gasteiger partial charge in [-0.1, -0.05) is 22.6 Å². The summed E-state index contributed by atoms with van der Waals surface area (Å²) in [6, 6.07) is 1.44. The van der Waals surface area contributed by atoms with Crippen LogP contribution in [0.5, 0.6) is 0 Å². The molecular formula is C15H17N5O3S. The van der Waals surface area contributed by atoms with Crippen molar-refractivity contribution in [2.45, 2.75) is 19.9 Å². The normalized spacial score (nSPS) is 13.3. The molecule has 0 fully saturated rings. The van der Waals surface area contributed by atoms with E-state index >= 15 is 0 Å². The van der Waals surface area contributed by atoms with Crippen molar-refractivity contribution in [2.24, 2.45) is 0 Å². The number of rotatable bonds is 4. The molecular weight excluding hydrogens is 330 g/mol. The zero-order chi connectivity index (χ0) is 17.1. The number of hydrogen-bond acceptors (Lipinski definition) is 6. The predicted octanol–water partition coefficient (Wildman–Crippen LogP) is 1.95. The molecule has 0 saturated carbocycles. The number of nitrogens with zero attached hydrogens (tertiary/aromatic N) is 3. The van der Waals surface area contributed by atoms with Crippen LogP contribution in [0.1, 0.15) is 26.8 Å². The lowest BCUT2D eigenvalue weighted by Gasteiger charge is -2.25. The van der Waals surface area contributed by atoms with Gasteiger partial charge >= 0.3 is 6.03 Å². The van der Waals surface area contributed by atoms with Gasteiger partial charge in [-0.2, -0.15) is 0 Å². The van der Waals surface area contributed by atoms with E-state index in [0.717, 1.165) is 10.6 Å². The van der Waals surface area contributed by atoms with Gasteiger partial charge in [-0.25, -0.2) is 9.78 Å². The topological polar surface area (TPSA) is 100 Å². The Balaban J connectivity index is 1.65. The number of aromatic nitrogens is 2. The minimum atomic E-state index is -0.362. The van der Waals surface area contributed by atoms with Gasteiger partial charge < -0.3 is 14.7 Å². The molecule has 0 unspecified atom stereocenters. The van der Waals surface area contributed by atoms with E-state index in [-0.39, 0.29) is 17.6 Å². The van der Waals surface area contributed by atoms with Crippen molar-refractivity contribution in [1.82, 2.24) is 20.4 Å². The van der Waals surface area contributed by atoms with Crippen LogP contribution < -0.4 is 10.6 Å². The van der Waals surface area contributed by atoms with E-state index in [1.807, 2.05) is 0 Å². The smallest absolute Gasteiger partial charge is 0.317 e. The first-order valence-corrected chi connectivity index (χ1v) is 8.25. The Labute approximate surface area is 142 Å². The molecule has 2 N–H and O–H groups in total. The Kier molecular flexibility index (Phi) is 4.61. The van der Waals surface area contributed by atoms with E-state index in [1.165, 1.54) is 11.3 Å². The van der Waals surface area contributed by atoms with Gasteiger partial charge in [-0.15, -0.1) is 6.58 Å². The van der Waals surface area contributed by atoms with Crippen LogP contribution in [0.4, 0.5) is 9.93 Å². The van der Waals surface area contributed by atoms with Crippen LogP contribution in [0.3, 0.4) is 0 Å². The van der Waals surface area contributed by atoms with Crippen molar-refractivity contribution in [1.29, 1.82) is 0 Å². The van der Waals surface area contributed by atoms with Crippen LogP contribution in [-0.2, 0) is 13.0 Å². The van der Waals surface area contributed by atoms with E-state index in [9.17, 15) is 9.59 Å². The number of carbonyl (C=O) groups is 2. The standard InChI is InChI=1S/C15H17N5O3S/c1-3-5-16-15(22)20-6-4-10-12(8-20)24-14(17-10)18-13(21)11-7-9(2)23-19-11/h3,7H,1,4-6,8H2,2H3,(H,16,22)(H,17,18,21). The molecule has 24 heavy (non-hydrogen) atoms. The van der Waals surface area contributed by atoms with Gasteiger partial charge in [0.25, 0.3) is 5.91 Å². The SMILES string of the molecule is C=CCNC(=O)N1CCc2nc(NC(=O)c3cc(C)on3)sc2C1. The van der Waals surface area contributed by atoms with E-state index in [0.29, 0.717) is 36.9 Å². The highest BCUT2D eigenvalue weighted by Gasteiger charge is 2.24. The van der Waals surface area contributed by atoms with Crippen molar-refractivity contribution in [3.05, 3.63) is 40.7 Å². The highest BCUT2D eigenvalue weighted by atomic mass is 32.1. The summed E-state index contributed by atoms with van der Waals surface area (Å²) in [5.41, 5.74) is 1.13. The van der Waals surface area contributed by atoms with Crippen LogP contribution in [0.15, 0.2) is 23.2 Å². The summed E-state index contributed by atoms with van der Waals surface area (Å²) in [4.78, 5) is 31.2. The third-order valence-electron chi connectivity index (χ3n) is 3.50. The van der Waals surface area contributed by atoms with Crippen molar-refractivity contribution in [2.75, 3.05) is 18.4 Å². The summed E-state index contributed by atoms with van der Waals surface area (Å²) in [6.45, 7) is 6.81. The third kappa shape index (κ3) is 3.46. The quantitative estimate of drug-likeness (QED) is 0.823. The molecule has 3 heterocycles. The van der Waals surface area contributed by atoms with Crippen molar-refractivity contribution in [3.63, 3.8) is 0 Å². The molecule has 126 valence electrons. The maximum atomic E-state index is 12.1. The molecule has 9 heteroatoms. The number of anilines is 1. The van der Waals surface area contributed by atoms with Crippen molar-refractivity contribution >= 4 is 28.4 Å². The van der Waals surface area contributed by atoms with Crippen LogP contribution >= 0.6 is 11.3 Å². The summed E-state index contributed by atoms with van der Waals surface area (Å²) < 4.78 is 4.89. The molecule has 8 nitrogen and oxygen atoms in total. The molecule has 0 radical (unpaired) electrons. The van der Waals surface area contributed by atoms with Gasteiger partial charge in [0.05, 0.1) is 12.2 Å². The lowest BCUT2D eigenvalue weighted by Crippen LogP contribution is -2.42. The highest BCUT2D eigenvalue weighted by Crippen LogP contribution is 2.28. The Hall–Kier alpha value is -2.68. The fraction of sp³-hybridized carbons (Fsp3) is 0.333. The van der Waals surface area contributed by atoms with Gasteiger partial charge in [0, 0.05) is 30.5 Å². The average molecular weight is 347 g/mol. The minimum absolute atomic E-state index is 0.127. The molecule has 0 aliphatic carbocycles. The largest absolute Gasteiger partial charge is 0.361 e. The number of thiazole rings is 1. The number of carbonyl (C=O) groups excluding carboxylic acids is 2. The van der Waals surface area contributed by atoms with Crippen LogP contribution in [-0.4, -0.2) is 40.1 Å². The Morgan fingerprint density at radius 2 is 2.38 bits per heavy atom. The molecule has 1 aliphatic rings. The molecule has 0 aromatic carbocycles. The summed E-state index contributed by atoms with van der Waals surface area (Å²) in [5, 5.41) is 9.66. The molecule has 0 spiro atoms. The number of urea groups is 1. The molecule has 1 aliphatic heterocycles. The lowest BCUT2D eigenvalue weighted by molar-refractivity contribution is 0.101. The fourth-order valence-corrected chi connectivity index (χ4v) is 3.35. The first-order valence-electron chi connectivity index (χ1n) is 7.43. The summed E-state index contributed by atoms with van der Waals surface area (Å²) in [5.74, 6) is 0.207. The van der Waals surface area contributed by atoms with Crippen LogP contribution in [0, 0.1) is 6.92 Å². The number of hydrogen-bond donors (Lipinski definition) is 2. The predicted molar refractivity (Wildman–Crippen MR) is 89.0 cm³/mol. The highest BCUT2D eigenvalue weighted by molar-refractivity contribution is 7.15. The second kappa shape index (κ2) is 6.83. The zero-order valence-corrected chi connectivity index (χ0v) is 14.0. The molecule has 3 rings (SSSR count). The number of amides is 3. The van der Waals surface area contributed by atoms with Crippen molar-refractivity contribution < 1.29 is 14.1 Å². The summed E-state index contributed by atoms with van der Waals surface area (Å²) >= 11 is 1.37. The number of aryl methyl sites for hydroxylation is 1. The molecule has 2 aromatic rings. The molecule has 0 atom stereocenters. The molecule has 0 saturated heterocycles. The number of nitrogens with one attached hydrogen (secondary N) is 2. The Bertz CT molecular complexity index is 782. The average Bonchev–Trinajstić information content (AvgIpc) is 3.17. The van der Waals surface area contributed by atoms with Crippen LogP contribution in [0.25, 0.3) is 0 Å². The number of fused-ring (bicyclic) bond motifs is 1. The lowest BCUT2D eigenvalue weighted by atomic mass is 10.2. The first-order chi connectivity index (χ1) is 11.6. The van der Waals surface area contributed by atoms with E-state index < -0.39 is 0 Å². The Morgan fingerprint density at radius 1 is 1.54 bits per heavy atom. The second-order valence-electron chi connectivity index (χ2n) is 5.31. The molecule has 0 bridgehead atoms. The third-order valence-corrected chi connectivity index (χ3v) is 4.49. The fourth-order valence-electron chi connectivity index (χ4n) is 2.33. The second-order valence-corrected chi connectivity index (χ2v) is 6.40. The van der Waals surface area contributed by atoms with Gasteiger partial charge in [-0.3, -0.25) is 10.1 Å². The molecule has 2 aromatic heterocycles. The van der Waals surface area contributed by atoms with Gasteiger partial charge in [0.15, 0.2) is 10.8 Å². The minimum Gasteiger partial charge on any atom is -0.361 e. The van der Waals surface area contributed by atoms with Gasteiger partial charge in [0.2, 0.25) is 0 Å². The van der Waals surface area contributed by atoms with Gasteiger partial charge in [0.1, 0.15) is 5.76 Å². The zero-order valence-electron chi connectivity index (χ0n) is 13.2. The maximum Gasteiger partial charge on any atom is 0.317 e.